The van der Waals surface area contributed by atoms with Crippen molar-refractivity contribution in [3.05, 3.63) is 29.8 Å². The molecule has 0 radical (unpaired) electrons. The lowest BCUT2D eigenvalue weighted by Crippen LogP contribution is -2.41. The van der Waals surface area contributed by atoms with Gasteiger partial charge >= 0.3 is 5.97 Å². The second kappa shape index (κ2) is 7.97. The molecule has 0 heterocycles. The van der Waals surface area contributed by atoms with Crippen molar-refractivity contribution in [3.8, 4) is 0 Å². The maximum Gasteiger partial charge on any atom is 0.325 e. The Morgan fingerprint density at radius 3 is 2.43 bits per heavy atom. The molecule has 1 aromatic carbocycles. The molecule has 0 aromatic heterocycles. The maximum atomic E-state index is 12.6. The molecule has 7 heteroatoms. The summed E-state index contributed by atoms with van der Waals surface area (Å²) in [5.41, 5.74) is 0.153. The molecule has 4 nitrogen and oxygen atoms in total. The number of esters is 1. The number of halogens is 2. The summed E-state index contributed by atoms with van der Waals surface area (Å²) in [5.74, 6) is -3.65. The van der Waals surface area contributed by atoms with Crippen LogP contribution in [0.1, 0.15) is 24.2 Å². The van der Waals surface area contributed by atoms with E-state index in [-0.39, 0.29) is 23.0 Å². The van der Waals surface area contributed by atoms with Gasteiger partial charge in [-0.05, 0) is 26.0 Å². The number of hydrogen-bond acceptors (Lipinski definition) is 4. The van der Waals surface area contributed by atoms with E-state index in [1.807, 2.05) is 0 Å². The number of thioether (sulfide) groups is 1. The number of benzene rings is 1. The van der Waals surface area contributed by atoms with E-state index >= 15 is 0 Å². The van der Waals surface area contributed by atoms with Gasteiger partial charge in [0.1, 0.15) is 6.54 Å². The van der Waals surface area contributed by atoms with Gasteiger partial charge in [0.25, 0.3) is 11.7 Å². The van der Waals surface area contributed by atoms with Crippen LogP contribution in [0.3, 0.4) is 0 Å². The number of rotatable bonds is 6. The standard InChI is InChI=1S/C14H17F2NO3S/c1-9(2)17(8-12(18)20-3)13(19)10-6-4-5-7-11(10)21-14(15)16/h4-7,9,14H,8H2,1-3H3. The summed E-state index contributed by atoms with van der Waals surface area (Å²) in [4.78, 5) is 25.4. The zero-order valence-corrected chi connectivity index (χ0v) is 12.8. The minimum atomic E-state index is -2.62. The highest BCUT2D eigenvalue weighted by atomic mass is 32.2. The van der Waals surface area contributed by atoms with Gasteiger partial charge in [0.15, 0.2) is 0 Å². The largest absolute Gasteiger partial charge is 0.468 e. The smallest absolute Gasteiger partial charge is 0.325 e. The van der Waals surface area contributed by atoms with Gasteiger partial charge in [-0.1, -0.05) is 23.9 Å². The summed E-state index contributed by atoms with van der Waals surface area (Å²) < 4.78 is 29.7. The molecule has 0 fully saturated rings. The summed E-state index contributed by atoms with van der Waals surface area (Å²) in [6, 6.07) is 5.85. The van der Waals surface area contributed by atoms with E-state index < -0.39 is 17.6 Å². The van der Waals surface area contributed by atoms with Crippen LogP contribution in [0, 0.1) is 0 Å². The Hall–Kier alpha value is -1.63. The number of alkyl halides is 2. The van der Waals surface area contributed by atoms with Crippen LogP contribution in [0.5, 0.6) is 0 Å². The summed E-state index contributed by atoms with van der Waals surface area (Å²) in [6.45, 7) is 3.26. The van der Waals surface area contributed by atoms with E-state index in [0.717, 1.165) is 0 Å². The summed E-state index contributed by atoms with van der Waals surface area (Å²) in [7, 11) is 1.23. The van der Waals surface area contributed by atoms with Crippen LogP contribution in [0.25, 0.3) is 0 Å². The second-order valence-corrected chi connectivity index (χ2v) is 5.51. The van der Waals surface area contributed by atoms with Crippen LogP contribution < -0.4 is 0 Å². The normalized spacial score (nSPS) is 10.8. The number of ether oxygens (including phenoxy) is 1. The molecular formula is C14H17F2NO3S. The molecule has 0 aliphatic carbocycles. The van der Waals surface area contributed by atoms with Crippen molar-refractivity contribution in [3.63, 3.8) is 0 Å². The van der Waals surface area contributed by atoms with Gasteiger partial charge in [-0.2, -0.15) is 8.78 Å². The Morgan fingerprint density at radius 1 is 1.29 bits per heavy atom. The number of amides is 1. The molecule has 0 N–H and O–H groups in total. The third kappa shape index (κ3) is 5.00. The summed E-state index contributed by atoms with van der Waals surface area (Å²) >= 11 is 0.310. The van der Waals surface area contributed by atoms with Gasteiger partial charge < -0.3 is 9.64 Å². The van der Waals surface area contributed by atoms with Crippen molar-refractivity contribution < 1.29 is 23.1 Å². The van der Waals surface area contributed by atoms with Crippen molar-refractivity contribution in [2.45, 2.75) is 30.5 Å². The molecule has 116 valence electrons. The number of carbonyl (C=O) groups excluding carboxylic acids is 2. The Kier molecular flexibility index (Phi) is 6.61. The van der Waals surface area contributed by atoms with Crippen LogP contribution in [0.2, 0.25) is 0 Å². The highest BCUT2D eigenvalue weighted by molar-refractivity contribution is 7.99. The number of nitrogens with zero attached hydrogens (tertiary/aromatic N) is 1. The first-order chi connectivity index (χ1) is 9.86. The molecule has 0 saturated heterocycles. The fourth-order valence-corrected chi connectivity index (χ4v) is 2.32. The first-order valence-corrected chi connectivity index (χ1v) is 7.16. The average molecular weight is 317 g/mol. The minimum Gasteiger partial charge on any atom is -0.468 e. The van der Waals surface area contributed by atoms with Crippen molar-refractivity contribution in [2.24, 2.45) is 0 Å². The Labute approximate surface area is 126 Å². The number of hydrogen-bond donors (Lipinski definition) is 0. The molecule has 0 saturated carbocycles. The maximum absolute atomic E-state index is 12.6. The SMILES string of the molecule is COC(=O)CN(C(=O)c1ccccc1SC(F)F)C(C)C. The Morgan fingerprint density at radius 2 is 1.90 bits per heavy atom. The van der Waals surface area contributed by atoms with Gasteiger partial charge in [0.2, 0.25) is 0 Å². The third-order valence-corrected chi connectivity index (χ3v) is 3.53. The third-order valence-electron chi connectivity index (χ3n) is 2.74. The van der Waals surface area contributed by atoms with E-state index in [1.54, 1.807) is 26.0 Å². The highest BCUT2D eigenvalue weighted by Crippen LogP contribution is 2.29. The lowest BCUT2D eigenvalue weighted by atomic mass is 10.1. The van der Waals surface area contributed by atoms with E-state index in [9.17, 15) is 18.4 Å². The van der Waals surface area contributed by atoms with Crippen LogP contribution in [0.15, 0.2) is 29.2 Å². The molecule has 1 rings (SSSR count). The highest BCUT2D eigenvalue weighted by Gasteiger charge is 2.24. The predicted octanol–water partition coefficient (Wildman–Crippen LogP) is 3.02. The van der Waals surface area contributed by atoms with Crippen LogP contribution in [-0.2, 0) is 9.53 Å². The first-order valence-electron chi connectivity index (χ1n) is 6.28. The van der Waals surface area contributed by atoms with Gasteiger partial charge in [-0.3, -0.25) is 9.59 Å². The van der Waals surface area contributed by atoms with Crippen molar-refractivity contribution >= 4 is 23.6 Å². The lowest BCUT2D eigenvalue weighted by molar-refractivity contribution is -0.141. The first kappa shape index (κ1) is 17.4. The molecule has 0 unspecified atom stereocenters. The minimum absolute atomic E-state index is 0.153. The fourth-order valence-electron chi connectivity index (χ4n) is 1.69. The molecule has 0 bridgehead atoms. The quantitative estimate of drug-likeness (QED) is 0.598. The van der Waals surface area contributed by atoms with Crippen LogP contribution in [0.4, 0.5) is 8.78 Å². The molecular weight excluding hydrogens is 300 g/mol. The van der Waals surface area contributed by atoms with E-state index in [0.29, 0.717) is 11.8 Å². The van der Waals surface area contributed by atoms with Crippen molar-refractivity contribution in [1.29, 1.82) is 0 Å². The van der Waals surface area contributed by atoms with Gasteiger partial charge in [0.05, 0.1) is 12.7 Å². The van der Waals surface area contributed by atoms with E-state index in [2.05, 4.69) is 4.74 Å². The lowest BCUT2D eigenvalue weighted by Gasteiger charge is -2.26. The van der Waals surface area contributed by atoms with E-state index in [1.165, 1.54) is 24.1 Å². The monoisotopic (exact) mass is 317 g/mol. The molecule has 0 aliphatic rings. The van der Waals surface area contributed by atoms with Gasteiger partial charge in [0, 0.05) is 10.9 Å². The topological polar surface area (TPSA) is 46.6 Å². The average Bonchev–Trinajstić information content (AvgIpc) is 2.43. The molecule has 0 atom stereocenters. The van der Waals surface area contributed by atoms with Crippen molar-refractivity contribution in [1.82, 2.24) is 4.90 Å². The Balaban J connectivity index is 3.06. The van der Waals surface area contributed by atoms with Crippen LogP contribution >= 0.6 is 11.8 Å². The molecule has 1 amide bonds. The van der Waals surface area contributed by atoms with E-state index in [4.69, 9.17) is 0 Å². The zero-order chi connectivity index (χ0) is 16.0. The molecule has 0 spiro atoms. The van der Waals surface area contributed by atoms with Crippen molar-refractivity contribution in [2.75, 3.05) is 13.7 Å². The molecule has 21 heavy (non-hydrogen) atoms. The number of carbonyl (C=O) groups is 2. The fraction of sp³-hybridized carbons (Fsp3) is 0.429. The predicted molar refractivity (Wildman–Crippen MR) is 76.5 cm³/mol. The van der Waals surface area contributed by atoms with Crippen LogP contribution in [-0.4, -0.2) is 42.2 Å². The Bertz CT molecular complexity index is 509. The summed E-state index contributed by atoms with van der Waals surface area (Å²) in [6.07, 6.45) is 0. The second-order valence-electron chi connectivity index (χ2n) is 4.48. The van der Waals surface area contributed by atoms with Gasteiger partial charge in [-0.15, -0.1) is 0 Å². The summed E-state index contributed by atoms with van der Waals surface area (Å²) in [5, 5.41) is 0. The molecule has 1 aromatic rings. The zero-order valence-electron chi connectivity index (χ0n) is 12.0. The molecule has 0 aliphatic heterocycles. The van der Waals surface area contributed by atoms with Gasteiger partial charge in [-0.25, -0.2) is 0 Å². The number of methoxy groups -OCH3 is 1.